The molecule has 1 aliphatic rings. The molecule has 2 N–H and O–H groups in total. The minimum absolute atomic E-state index is 0.455. The van der Waals surface area contributed by atoms with Gasteiger partial charge < -0.3 is 5.73 Å². The van der Waals surface area contributed by atoms with Crippen LogP contribution >= 0.6 is 0 Å². The zero-order chi connectivity index (χ0) is 9.30. The van der Waals surface area contributed by atoms with Crippen LogP contribution in [0.4, 0.5) is 0 Å². The molecule has 0 aliphatic heterocycles. The summed E-state index contributed by atoms with van der Waals surface area (Å²) in [6, 6.07) is 0.455. The van der Waals surface area contributed by atoms with Gasteiger partial charge in [-0.15, -0.1) is 0 Å². The summed E-state index contributed by atoms with van der Waals surface area (Å²) in [5.74, 6) is 3.22. The fourth-order valence-electron chi connectivity index (χ4n) is 2.44. The third kappa shape index (κ3) is 2.01. The van der Waals surface area contributed by atoms with Gasteiger partial charge in [-0.2, -0.15) is 0 Å². The maximum Gasteiger partial charge on any atom is 0.00723 e. The fraction of sp³-hybridized carbons (Fsp3) is 1.00. The van der Waals surface area contributed by atoms with E-state index in [2.05, 4.69) is 27.7 Å². The molecule has 0 aromatic rings. The predicted molar refractivity (Wildman–Crippen MR) is 53.9 cm³/mol. The van der Waals surface area contributed by atoms with Gasteiger partial charge in [0.25, 0.3) is 0 Å². The number of nitrogens with two attached hydrogens (primary N) is 1. The van der Waals surface area contributed by atoms with E-state index in [1.54, 1.807) is 0 Å². The summed E-state index contributed by atoms with van der Waals surface area (Å²) in [4.78, 5) is 0. The van der Waals surface area contributed by atoms with Crippen molar-refractivity contribution in [2.24, 2.45) is 29.4 Å². The van der Waals surface area contributed by atoms with E-state index in [0.717, 1.165) is 23.7 Å². The van der Waals surface area contributed by atoms with Gasteiger partial charge in [0.1, 0.15) is 0 Å². The van der Waals surface area contributed by atoms with E-state index in [0.29, 0.717) is 6.04 Å². The molecule has 0 heterocycles. The lowest BCUT2D eigenvalue weighted by Crippen LogP contribution is -2.41. The van der Waals surface area contributed by atoms with Gasteiger partial charge in [-0.3, -0.25) is 0 Å². The first-order valence-electron chi connectivity index (χ1n) is 5.28. The number of hydrogen-bond acceptors (Lipinski definition) is 1. The van der Waals surface area contributed by atoms with Gasteiger partial charge in [-0.1, -0.05) is 27.7 Å². The zero-order valence-electron chi connectivity index (χ0n) is 8.88. The lowest BCUT2D eigenvalue weighted by molar-refractivity contribution is 0.144. The van der Waals surface area contributed by atoms with Gasteiger partial charge in [-0.25, -0.2) is 0 Å². The first kappa shape index (κ1) is 10.0. The summed E-state index contributed by atoms with van der Waals surface area (Å²) in [6.07, 6.45) is 2.56. The highest BCUT2D eigenvalue weighted by Crippen LogP contribution is 2.36. The second-order valence-electron chi connectivity index (χ2n) is 5.00. The van der Waals surface area contributed by atoms with Crippen LogP contribution in [0, 0.1) is 23.7 Å². The van der Waals surface area contributed by atoms with Crippen molar-refractivity contribution in [2.45, 2.75) is 46.6 Å². The molecule has 0 aromatic carbocycles. The van der Waals surface area contributed by atoms with Crippen molar-refractivity contribution in [1.29, 1.82) is 0 Å². The summed E-state index contributed by atoms with van der Waals surface area (Å²) in [5, 5.41) is 0. The van der Waals surface area contributed by atoms with Crippen LogP contribution in [-0.2, 0) is 0 Å². The Morgan fingerprint density at radius 1 is 1.08 bits per heavy atom. The summed E-state index contributed by atoms with van der Waals surface area (Å²) < 4.78 is 0. The number of rotatable bonds is 1. The second kappa shape index (κ2) is 3.78. The van der Waals surface area contributed by atoms with E-state index in [-0.39, 0.29) is 0 Å². The Kier molecular flexibility index (Phi) is 3.16. The van der Waals surface area contributed by atoms with E-state index >= 15 is 0 Å². The van der Waals surface area contributed by atoms with Crippen molar-refractivity contribution in [3.8, 4) is 0 Å². The smallest absolute Gasteiger partial charge is 0.00723 e. The van der Waals surface area contributed by atoms with Crippen molar-refractivity contribution in [2.75, 3.05) is 0 Å². The van der Waals surface area contributed by atoms with Crippen LogP contribution in [0.3, 0.4) is 0 Å². The van der Waals surface area contributed by atoms with E-state index < -0.39 is 0 Å². The average Bonchev–Trinajstić information content (AvgIpc) is 1.96. The molecule has 1 rings (SSSR count). The topological polar surface area (TPSA) is 26.0 Å². The van der Waals surface area contributed by atoms with E-state index in [4.69, 9.17) is 5.73 Å². The standard InChI is InChI=1S/C11H23N/c1-7(2)10-5-8(3)9(4)6-11(10)12/h7-11H,5-6,12H2,1-4H3. The van der Waals surface area contributed by atoms with E-state index in [1.807, 2.05) is 0 Å². The van der Waals surface area contributed by atoms with Crippen molar-refractivity contribution in [3.63, 3.8) is 0 Å². The minimum atomic E-state index is 0.455. The highest BCUT2D eigenvalue weighted by molar-refractivity contribution is 4.85. The molecule has 1 nitrogen and oxygen atoms in total. The van der Waals surface area contributed by atoms with Crippen molar-refractivity contribution < 1.29 is 0 Å². The molecule has 1 aliphatic carbocycles. The maximum absolute atomic E-state index is 6.13. The van der Waals surface area contributed by atoms with Crippen LogP contribution in [0.2, 0.25) is 0 Å². The van der Waals surface area contributed by atoms with Gasteiger partial charge >= 0.3 is 0 Å². The number of hydrogen-bond donors (Lipinski definition) is 1. The van der Waals surface area contributed by atoms with Crippen LogP contribution in [0.1, 0.15) is 40.5 Å². The van der Waals surface area contributed by atoms with Gasteiger partial charge in [0, 0.05) is 6.04 Å². The lowest BCUT2D eigenvalue weighted by atomic mass is 9.69. The molecule has 4 unspecified atom stereocenters. The highest BCUT2D eigenvalue weighted by Gasteiger charge is 2.31. The normalized spacial score (nSPS) is 43.5. The molecule has 0 saturated heterocycles. The maximum atomic E-state index is 6.13. The SMILES string of the molecule is CC(C)C1CC(C)C(C)CC1N. The van der Waals surface area contributed by atoms with Crippen LogP contribution in [-0.4, -0.2) is 6.04 Å². The Morgan fingerprint density at radius 2 is 1.58 bits per heavy atom. The third-order valence-electron chi connectivity index (χ3n) is 3.67. The van der Waals surface area contributed by atoms with Crippen LogP contribution in [0.25, 0.3) is 0 Å². The Balaban J connectivity index is 2.55. The van der Waals surface area contributed by atoms with Gasteiger partial charge in [0.2, 0.25) is 0 Å². The molecule has 0 aromatic heterocycles. The average molecular weight is 169 g/mol. The Morgan fingerprint density at radius 3 is 2.08 bits per heavy atom. The molecule has 4 atom stereocenters. The quantitative estimate of drug-likeness (QED) is 0.641. The van der Waals surface area contributed by atoms with Crippen LogP contribution < -0.4 is 5.73 Å². The molecule has 1 heteroatoms. The Hall–Kier alpha value is -0.0400. The van der Waals surface area contributed by atoms with Crippen molar-refractivity contribution in [1.82, 2.24) is 0 Å². The molecule has 0 spiro atoms. The van der Waals surface area contributed by atoms with Crippen molar-refractivity contribution in [3.05, 3.63) is 0 Å². The lowest BCUT2D eigenvalue weighted by Gasteiger charge is -2.39. The monoisotopic (exact) mass is 169 g/mol. The Bertz CT molecular complexity index is 142. The van der Waals surface area contributed by atoms with E-state index in [9.17, 15) is 0 Å². The molecule has 0 radical (unpaired) electrons. The highest BCUT2D eigenvalue weighted by atomic mass is 14.7. The summed E-state index contributed by atoms with van der Waals surface area (Å²) in [5.41, 5.74) is 6.13. The largest absolute Gasteiger partial charge is 0.327 e. The fourth-order valence-corrected chi connectivity index (χ4v) is 2.44. The predicted octanol–water partition coefficient (Wildman–Crippen LogP) is 2.65. The van der Waals surface area contributed by atoms with Gasteiger partial charge in [0.05, 0.1) is 0 Å². The molecular formula is C11H23N. The summed E-state index contributed by atoms with van der Waals surface area (Å²) in [7, 11) is 0. The molecule has 72 valence electrons. The van der Waals surface area contributed by atoms with Crippen LogP contribution in [0.15, 0.2) is 0 Å². The first-order chi connectivity index (χ1) is 5.52. The van der Waals surface area contributed by atoms with E-state index in [1.165, 1.54) is 12.8 Å². The second-order valence-corrected chi connectivity index (χ2v) is 5.00. The van der Waals surface area contributed by atoms with Crippen LogP contribution in [0.5, 0.6) is 0 Å². The zero-order valence-corrected chi connectivity index (χ0v) is 8.88. The first-order valence-corrected chi connectivity index (χ1v) is 5.28. The van der Waals surface area contributed by atoms with Crippen molar-refractivity contribution >= 4 is 0 Å². The molecule has 1 fully saturated rings. The van der Waals surface area contributed by atoms with Gasteiger partial charge in [-0.05, 0) is 36.5 Å². The summed E-state index contributed by atoms with van der Waals surface area (Å²) in [6.45, 7) is 9.30. The summed E-state index contributed by atoms with van der Waals surface area (Å²) >= 11 is 0. The Labute approximate surface area is 76.7 Å². The molecular weight excluding hydrogens is 146 g/mol. The minimum Gasteiger partial charge on any atom is -0.327 e. The molecule has 1 saturated carbocycles. The third-order valence-corrected chi connectivity index (χ3v) is 3.67. The van der Waals surface area contributed by atoms with Gasteiger partial charge in [0.15, 0.2) is 0 Å². The molecule has 12 heavy (non-hydrogen) atoms. The molecule has 0 amide bonds. The molecule has 0 bridgehead atoms.